The Kier molecular flexibility index (Phi) is 5.90. The van der Waals surface area contributed by atoms with Crippen molar-refractivity contribution in [3.8, 4) is 17.0 Å². The molecule has 23 heavy (non-hydrogen) atoms. The number of aromatic nitrogens is 1. The van der Waals surface area contributed by atoms with E-state index >= 15 is 0 Å². The van der Waals surface area contributed by atoms with Gasteiger partial charge in [0.15, 0.2) is 0 Å². The molecule has 1 fully saturated rings. The summed E-state index contributed by atoms with van der Waals surface area (Å²) in [5.41, 5.74) is 3.57. The number of nitrogens with one attached hydrogen (secondary N) is 1. The lowest BCUT2D eigenvalue weighted by Gasteiger charge is -2.31. The minimum absolute atomic E-state index is 0.442. The van der Waals surface area contributed by atoms with Crippen LogP contribution in [-0.4, -0.2) is 30.1 Å². The Morgan fingerprint density at radius 3 is 2.57 bits per heavy atom. The van der Waals surface area contributed by atoms with E-state index in [0.717, 1.165) is 20.6 Å². The summed E-state index contributed by atoms with van der Waals surface area (Å²) in [6.07, 6.45) is 4.01. The predicted octanol–water partition coefficient (Wildman–Crippen LogP) is 5.45. The Balaban J connectivity index is 1.90. The molecule has 0 bridgehead atoms. The molecule has 1 aliphatic heterocycles. The summed E-state index contributed by atoms with van der Waals surface area (Å²) in [6, 6.07) is 9.17. The summed E-state index contributed by atoms with van der Waals surface area (Å²) >= 11 is 4.71. The fourth-order valence-corrected chi connectivity index (χ4v) is 5.35. The third kappa shape index (κ3) is 3.87. The van der Waals surface area contributed by atoms with E-state index in [0.29, 0.717) is 6.04 Å². The molecule has 0 aliphatic carbocycles. The lowest BCUT2D eigenvalue weighted by molar-refractivity contribution is 0.172. The zero-order valence-electron chi connectivity index (χ0n) is 13.5. The SMILES string of the molecule is COc1c(I)cc(I)cc1-c1ccc(C(C)N2CCCCC2)[nH]1. The summed E-state index contributed by atoms with van der Waals surface area (Å²) in [6.45, 7) is 4.72. The van der Waals surface area contributed by atoms with Crippen molar-refractivity contribution in [2.45, 2.75) is 32.2 Å². The van der Waals surface area contributed by atoms with Gasteiger partial charge in [-0.3, -0.25) is 4.90 Å². The molecule has 1 aliphatic rings. The maximum atomic E-state index is 5.63. The van der Waals surface area contributed by atoms with Crippen molar-refractivity contribution in [3.63, 3.8) is 0 Å². The molecule has 3 rings (SSSR count). The Labute approximate surface area is 165 Å². The van der Waals surface area contributed by atoms with E-state index in [1.54, 1.807) is 7.11 Å². The monoisotopic (exact) mass is 536 g/mol. The van der Waals surface area contributed by atoms with Gasteiger partial charge in [0.2, 0.25) is 0 Å². The van der Waals surface area contributed by atoms with Crippen LogP contribution in [0.15, 0.2) is 24.3 Å². The summed E-state index contributed by atoms with van der Waals surface area (Å²) in [7, 11) is 1.74. The number of hydrogen-bond acceptors (Lipinski definition) is 2. The molecule has 0 amide bonds. The fourth-order valence-electron chi connectivity index (χ4n) is 3.28. The summed E-state index contributed by atoms with van der Waals surface area (Å²) in [5, 5.41) is 0. The van der Waals surface area contributed by atoms with Crippen LogP contribution in [0, 0.1) is 7.14 Å². The molecule has 0 saturated carbocycles. The second-order valence-corrected chi connectivity index (χ2v) is 8.48. The van der Waals surface area contributed by atoms with E-state index < -0.39 is 0 Å². The van der Waals surface area contributed by atoms with Gasteiger partial charge < -0.3 is 9.72 Å². The maximum absolute atomic E-state index is 5.63. The molecule has 0 spiro atoms. The first kappa shape index (κ1) is 17.5. The Bertz CT molecular complexity index is 678. The highest BCUT2D eigenvalue weighted by molar-refractivity contribution is 14.1. The first-order valence-electron chi connectivity index (χ1n) is 8.06. The highest BCUT2D eigenvalue weighted by Crippen LogP contribution is 2.36. The number of aromatic amines is 1. The molecule has 124 valence electrons. The number of nitrogens with zero attached hydrogens (tertiary/aromatic N) is 1. The number of piperidine rings is 1. The molecule has 2 aromatic rings. The predicted molar refractivity (Wildman–Crippen MR) is 112 cm³/mol. The van der Waals surface area contributed by atoms with Gasteiger partial charge in [-0.2, -0.15) is 0 Å². The molecule has 3 nitrogen and oxygen atoms in total. The average Bonchev–Trinajstić information content (AvgIpc) is 3.04. The number of hydrogen-bond donors (Lipinski definition) is 1. The first-order valence-corrected chi connectivity index (χ1v) is 10.2. The molecule has 1 aromatic heterocycles. The van der Waals surface area contributed by atoms with Crippen molar-refractivity contribution in [3.05, 3.63) is 37.1 Å². The quantitative estimate of drug-likeness (QED) is 0.528. The van der Waals surface area contributed by atoms with Gasteiger partial charge in [-0.1, -0.05) is 6.42 Å². The molecule has 1 N–H and O–H groups in total. The number of benzene rings is 1. The molecular weight excluding hydrogens is 514 g/mol. The van der Waals surface area contributed by atoms with Crippen LogP contribution >= 0.6 is 45.2 Å². The van der Waals surface area contributed by atoms with Crippen LogP contribution in [0.5, 0.6) is 5.75 Å². The van der Waals surface area contributed by atoms with Crippen molar-refractivity contribution >= 4 is 45.2 Å². The van der Waals surface area contributed by atoms with Gasteiger partial charge in [0, 0.05) is 26.6 Å². The largest absolute Gasteiger partial charge is 0.495 e. The zero-order valence-corrected chi connectivity index (χ0v) is 17.8. The van der Waals surface area contributed by atoms with Crippen LogP contribution in [0.4, 0.5) is 0 Å². The average molecular weight is 536 g/mol. The number of methoxy groups -OCH3 is 1. The van der Waals surface area contributed by atoms with Crippen molar-refractivity contribution in [2.75, 3.05) is 20.2 Å². The van der Waals surface area contributed by atoms with Crippen LogP contribution in [0.25, 0.3) is 11.3 Å². The highest BCUT2D eigenvalue weighted by Gasteiger charge is 2.20. The second kappa shape index (κ2) is 7.74. The van der Waals surface area contributed by atoms with Gasteiger partial charge in [0.25, 0.3) is 0 Å². The van der Waals surface area contributed by atoms with Crippen LogP contribution in [0.2, 0.25) is 0 Å². The van der Waals surface area contributed by atoms with Gasteiger partial charge in [-0.15, -0.1) is 0 Å². The van der Waals surface area contributed by atoms with Crippen molar-refractivity contribution in [1.82, 2.24) is 9.88 Å². The molecule has 5 heteroatoms. The molecule has 2 heterocycles. The zero-order chi connectivity index (χ0) is 16.4. The Morgan fingerprint density at radius 2 is 1.87 bits per heavy atom. The fraction of sp³-hybridized carbons (Fsp3) is 0.444. The molecule has 1 unspecified atom stereocenters. The third-order valence-electron chi connectivity index (χ3n) is 4.60. The highest BCUT2D eigenvalue weighted by atomic mass is 127. The summed E-state index contributed by atoms with van der Waals surface area (Å²) in [5.74, 6) is 0.949. The number of ether oxygens (including phenoxy) is 1. The molecule has 1 atom stereocenters. The normalized spacial score (nSPS) is 17.2. The van der Waals surface area contributed by atoms with Gasteiger partial charge in [0.05, 0.1) is 10.7 Å². The van der Waals surface area contributed by atoms with Crippen LogP contribution in [-0.2, 0) is 0 Å². The van der Waals surface area contributed by atoms with Crippen LogP contribution in [0.3, 0.4) is 0 Å². The maximum Gasteiger partial charge on any atom is 0.141 e. The van der Waals surface area contributed by atoms with Gasteiger partial charge >= 0.3 is 0 Å². The van der Waals surface area contributed by atoms with E-state index in [1.165, 1.54) is 41.6 Å². The van der Waals surface area contributed by atoms with Crippen molar-refractivity contribution < 1.29 is 4.74 Å². The minimum atomic E-state index is 0.442. The number of likely N-dealkylation sites (tertiary alicyclic amines) is 1. The van der Waals surface area contributed by atoms with Gasteiger partial charge in [-0.25, -0.2) is 0 Å². The molecule has 1 saturated heterocycles. The van der Waals surface area contributed by atoms with Crippen molar-refractivity contribution in [2.24, 2.45) is 0 Å². The van der Waals surface area contributed by atoms with E-state index in [1.807, 2.05) is 0 Å². The number of rotatable bonds is 4. The van der Waals surface area contributed by atoms with Crippen LogP contribution in [0.1, 0.15) is 37.9 Å². The van der Waals surface area contributed by atoms with E-state index in [9.17, 15) is 0 Å². The van der Waals surface area contributed by atoms with Crippen molar-refractivity contribution in [1.29, 1.82) is 0 Å². The second-order valence-electron chi connectivity index (χ2n) is 6.07. The van der Waals surface area contributed by atoms with E-state index in [-0.39, 0.29) is 0 Å². The van der Waals surface area contributed by atoms with Gasteiger partial charge in [-0.05, 0) is 102 Å². The first-order chi connectivity index (χ1) is 11.1. The minimum Gasteiger partial charge on any atom is -0.495 e. The lowest BCUT2D eigenvalue weighted by Crippen LogP contribution is -2.32. The number of halogens is 2. The van der Waals surface area contributed by atoms with Gasteiger partial charge in [0.1, 0.15) is 5.75 Å². The number of H-pyrrole nitrogens is 1. The Hall–Kier alpha value is -0.280. The van der Waals surface area contributed by atoms with E-state index in [2.05, 4.69) is 86.3 Å². The lowest BCUT2D eigenvalue weighted by atomic mass is 10.1. The third-order valence-corrected chi connectivity index (χ3v) is 6.02. The Morgan fingerprint density at radius 1 is 1.13 bits per heavy atom. The summed E-state index contributed by atoms with van der Waals surface area (Å²) in [4.78, 5) is 6.21. The topological polar surface area (TPSA) is 28.3 Å². The molecular formula is C18H22I2N2O. The van der Waals surface area contributed by atoms with E-state index in [4.69, 9.17) is 4.74 Å². The smallest absolute Gasteiger partial charge is 0.141 e. The molecule has 1 aromatic carbocycles. The summed E-state index contributed by atoms with van der Waals surface area (Å²) < 4.78 is 8.00. The molecule has 0 radical (unpaired) electrons. The standard InChI is InChI=1S/C18H22I2N2O/c1-12(22-8-4-3-5-9-22)16-6-7-17(21-16)14-10-13(19)11-15(20)18(14)23-2/h6-7,10-12,21H,3-5,8-9H2,1-2H3. The van der Waals surface area contributed by atoms with Crippen LogP contribution < -0.4 is 4.74 Å².